The van der Waals surface area contributed by atoms with Crippen molar-refractivity contribution in [1.82, 2.24) is 0 Å². The highest BCUT2D eigenvalue weighted by Crippen LogP contribution is 2.32. The van der Waals surface area contributed by atoms with Gasteiger partial charge in [0.15, 0.2) is 0 Å². The molecule has 0 bridgehead atoms. The number of carbonyl (C=O) groups is 1. The maximum Gasteiger partial charge on any atom is 0.411 e. The minimum absolute atomic E-state index is 0.114. The summed E-state index contributed by atoms with van der Waals surface area (Å²) < 4.78 is 5.19. The second-order valence-electron chi connectivity index (χ2n) is 5.32. The molecule has 1 aromatic rings. The molecule has 0 heterocycles. The highest BCUT2D eigenvalue weighted by molar-refractivity contribution is 8.00. The number of carbonyl (C=O) groups excluding carboxylic acids is 1. The van der Waals surface area contributed by atoms with Gasteiger partial charge in [-0.1, -0.05) is 26.8 Å². The van der Waals surface area contributed by atoms with Crippen LogP contribution in [0.15, 0.2) is 29.2 Å². The van der Waals surface area contributed by atoms with Crippen LogP contribution in [-0.4, -0.2) is 16.9 Å². The number of anilines is 1. The van der Waals surface area contributed by atoms with Crippen LogP contribution in [0.5, 0.6) is 0 Å². The van der Waals surface area contributed by atoms with Gasteiger partial charge in [0.2, 0.25) is 0 Å². The van der Waals surface area contributed by atoms with Gasteiger partial charge in [-0.05, 0) is 32.0 Å². The molecule has 0 unspecified atom stereocenters. The van der Waals surface area contributed by atoms with Crippen LogP contribution < -0.4 is 5.32 Å². The molecule has 1 N–H and O–H groups in total. The average Bonchev–Trinajstić information content (AvgIpc) is 2.13. The molecule has 0 aliphatic carbocycles. The summed E-state index contributed by atoms with van der Waals surface area (Å²) in [5.74, 6) is 0. The lowest BCUT2D eigenvalue weighted by atomic mass is 10.3. The molecule has 0 atom stereocenters. The predicted molar refractivity (Wildman–Crippen MR) is 77.3 cm³/mol. The molecule has 0 saturated heterocycles. The van der Waals surface area contributed by atoms with Crippen LogP contribution in [-0.2, 0) is 4.74 Å². The lowest BCUT2D eigenvalue weighted by molar-refractivity contribution is 0.130. The molecule has 0 aromatic heterocycles. The average molecular weight is 267 g/mol. The van der Waals surface area contributed by atoms with Crippen molar-refractivity contribution in [3.8, 4) is 0 Å². The fourth-order valence-electron chi connectivity index (χ4n) is 1.35. The van der Waals surface area contributed by atoms with E-state index < -0.39 is 6.09 Å². The zero-order valence-corrected chi connectivity index (χ0v) is 12.4. The van der Waals surface area contributed by atoms with Crippen LogP contribution in [0.1, 0.15) is 34.6 Å². The highest BCUT2D eigenvalue weighted by atomic mass is 32.2. The Balaban J connectivity index is 2.68. The van der Waals surface area contributed by atoms with Gasteiger partial charge in [0, 0.05) is 15.3 Å². The van der Waals surface area contributed by atoms with Gasteiger partial charge in [0.1, 0.15) is 0 Å². The standard InChI is InChI=1S/C14H21NO2S/c1-10(2)17-13(16)15-11-7-6-8-12(9-11)18-14(3,4)5/h6-10H,1-5H3,(H,15,16). The fourth-order valence-corrected chi connectivity index (χ4v) is 2.39. The van der Waals surface area contributed by atoms with Crippen LogP contribution in [0, 0.1) is 0 Å². The first-order valence-corrected chi connectivity index (χ1v) is 6.84. The van der Waals surface area contributed by atoms with Gasteiger partial charge in [0.05, 0.1) is 6.10 Å². The van der Waals surface area contributed by atoms with Crippen molar-refractivity contribution in [2.75, 3.05) is 5.32 Å². The van der Waals surface area contributed by atoms with Gasteiger partial charge in [0.25, 0.3) is 0 Å². The highest BCUT2D eigenvalue weighted by Gasteiger charge is 2.12. The van der Waals surface area contributed by atoms with Gasteiger partial charge < -0.3 is 4.74 Å². The summed E-state index contributed by atoms with van der Waals surface area (Å²) in [6.45, 7) is 10.1. The van der Waals surface area contributed by atoms with E-state index in [2.05, 4.69) is 26.1 Å². The summed E-state index contributed by atoms with van der Waals surface area (Å²) in [7, 11) is 0. The van der Waals surface area contributed by atoms with Gasteiger partial charge >= 0.3 is 6.09 Å². The molecule has 0 saturated carbocycles. The Hall–Kier alpha value is -1.16. The molecule has 1 rings (SSSR count). The largest absolute Gasteiger partial charge is 0.447 e. The van der Waals surface area contributed by atoms with Crippen LogP contribution in [0.4, 0.5) is 10.5 Å². The van der Waals surface area contributed by atoms with Crippen molar-refractivity contribution < 1.29 is 9.53 Å². The summed E-state index contributed by atoms with van der Waals surface area (Å²) in [6, 6.07) is 7.78. The van der Waals surface area contributed by atoms with Crippen molar-refractivity contribution in [3.63, 3.8) is 0 Å². The van der Waals surface area contributed by atoms with Crippen LogP contribution in [0.25, 0.3) is 0 Å². The number of thioether (sulfide) groups is 1. The molecular weight excluding hydrogens is 246 g/mol. The second-order valence-corrected chi connectivity index (χ2v) is 7.22. The lowest BCUT2D eigenvalue weighted by Gasteiger charge is -2.18. The molecule has 0 radical (unpaired) electrons. The monoisotopic (exact) mass is 267 g/mol. The van der Waals surface area contributed by atoms with E-state index in [4.69, 9.17) is 4.74 Å². The molecule has 0 aliphatic rings. The number of benzene rings is 1. The molecule has 0 fully saturated rings. The summed E-state index contributed by atoms with van der Waals surface area (Å²) in [6.07, 6.45) is -0.528. The number of hydrogen-bond donors (Lipinski definition) is 1. The number of rotatable bonds is 3. The third-order valence-corrected chi connectivity index (χ3v) is 2.95. The minimum Gasteiger partial charge on any atom is -0.447 e. The molecule has 4 heteroatoms. The maximum atomic E-state index is 11.5. The third-order valence-electron chi connectivity index (χ3n) is 1.85. The Kier molecular flexibility index (Phi) is 5.08. The number of ether oxygens (including phenoxy) is 1. The zero-order valence-electron chi connectivity index (χ0n) is 11.6. The molecule has 0 aliphatic heterocycles. The van der Waals surface area contributed by atoms with Crippen molar-refractivity contribution >= 4 is 23.5 Å². The first-order chi connectivity index (χ1) is 8.26. The summed E-state index contributed by atoms with van der Waals surface area (Å²) in [5.41, 5.74) is 0.759. The van der Waals surface area contributed by atoms with Crippen molar-refractivity contribution in [2.24, 2.45) is 0 Å². The first-order valence-electron chi connectivity index (χ1n) is 6.03. The quantitative estimate of drug-likeness (QED) is 0.817. The minimum atomic E-state index is -0.414. The third kappa shape index (κ3) is 5.96. The second kappa shape index (κ2) is 6.14. The Morgan fingerprint density at radius 3 is 2.56 bits per heavy atom. The van der Waals surface area contributed by atoms with Crippen LogP contribution in [0.2, 0.25) is 0 Å². The van der Waals surface area contributed by atoms with Gasteiger partial charge in [-0.2, -0.15) is 0 Å². The number of hydrogen-bond acceptors (Lipinski definition) is 3. The van der Waals surface area contributed by atoms with E-state index in [0.29, 0.717) is 0 Å². The van der Waals surface area contributed by atoms with Gasteiger partial charge in [-0.15, -0.1) is 11.8 Å². The molecule has 3 nitrogen and oxygen atoms in total. The van der Waals surface area contributed by atoms with E-state index in [0.717, 1.165) is 10.6 Å². The van der Waals surface area contributed by atoms with E-state index >= 15 is 0 Å². The lowest BCUT2D eigenvalue weighted by Crippen LogP contribution is -2.18. The first kappa shape index (κ1) is 14.9. The Morgan fingerprint density at radius 2 is 2.00 bits per heavy atom. The van der Waals surface area contributed by atoms with E-state index in [1.165, 1.54) is 0 Å². The molecule has 18 heavy (non-hydrogen) atoms. The molecular formula is C14H21NO2S. The van der Waals surface area contributed by atoms with Crippen molar-refractivity contribution in [1.29, 1.82) is 0 Å². The smallest absolute Gasteiger partial charge is 0.411 e. The van der Waals surface area contributed by atoms with E-state index in [1.54, 1.807) is 11.8 Å². The SMILES string of the molecule is CC(C)OC(=O)Nc1cccc(SC(C)(C)C)c1. The number of amides is 1. The molecule has 1 amide bonds. The Bertz CT molecular complexity index is 411. The molecule has 1 aromatic carbocycles. The van der Waals surface area contributed by atoms with Crippen LogP contribution >= 0.6 is 11.8 Å². The Labute approximate surface area is 113 Å². The maximum absolute atomic E-state index is 11.5. The summed E-state index contributed by atoms with van der Waals surface area (Å²) in [5, 5.41) is 2.72. The molecule has 100 valence electrons. The summed E-state index contributed by atoms with van der Waals surface area (Å²) >= 11 is 1.76. The van der Waals surface area contributed by atoms with Gasteiger partial charge in [-0.25, -0.2) is 4.79 Å². The van der Waals surface area contributed by atoms with Crippen molar-refractivity contribution in [3.05, 3.63) is 24.3 Å². The summed E-state index contributed by atoms with van der Waals surface area (Å²) in [4.78, 5) is 12.6. The topological polar surface area (TPSA) is 38.3 Å². The zero-order chi connectivity index (χ0) is 13.8. The van der Waals surface area contributed by atoms with E-state index in [9.17, 15) is 4.79 Å². The Morgan fingerprint density at radius 1 is 1.33 bits per heavy atom. The van der Waals surface area contributed by atoms with Crippen LogP contribution in [0.3, 0.4) is 0 Å². The van der Waals surface area contributed by atoms with E-state index in [-0.39, 0.29) is 10.9 Å². The number of nitrogens with one attached hydrogen (secondary N) is 1. The van der Waals surface area contributed by atoms with Gasteiger partial charge in [-0.3, -0.25) is 5.32 Å². The van der Waals surface area contributed by atoms with Crippen molar-refractivity contribution in [2.45, 2.75) is 50.4 Å². The normalized spacial score (nSPS) is 11.4. The fraction of sp³-hybridized carbons (Fsp3) is 0.500. The molecule has 0 spiro atoms. The van der Waals surface area contributed by atoms with E-state index in [1.807, 2.05) is 38.1 Å². The predicted octanol–water partition coefficient (Wildman–Crippen LogP) is 4.53.